The minimum Gasteiger partial charge on any atom is -0.339 e. The molecule has 2 rings (SSSR count). The highest BCUT2D eigenvalue weighted by atomic mass is 35.5. The molecule has 1 amide bonds. The number of rotatable bonds is 3. The van der Waals surface area contributed by atoms with Crippen LogP contribution in [0.2, 0.25) is 0 Å². The van der Waals surface area contributed by atoms with Crippen LogP contribution in [-0.2, 0) is 4.79 Å². The SMILES string of the molecule is O=C(CCl)N1CCN(CC2CC2)CC1. The zero-order valence-corrected chi connectivity index (χ0v) is 9.17. The summed E-state index contributed by atoms with van der Waals surface area (Å²) in [6.07, 6.45) is 2.81. The van der Waals surface area contributed by atoms with Crippen molar-refractivity contribution >= 4 is 17.5 Å². The topological polar surface area (TPSA) is 23.6 Å². The van der Waals surface area contributed by atoms with E-state index in [1.54, 1.807) is 0 Å². The molecular formula is C10H17ClN2O. The Labute approximate surface area is 90.0 Å². The number of nitrogens with zero attached hydrogens (tertiary/aromatic N) is 2. The highest BCUT2D eigenvalue weighted by Gasteiger charge is 2.27. The fourth-order valence-electron chi connectivity index (χ4n) is 1.93. The van der Waals surface area contributed by atoms with Gasteiger partial charge in [-0.3, -0.25) is 9.69 Å². The summed E-state index contributed by atoms with van der Waals surface area (Å²) in [5.41, 5.74) is 0. The molecule has 0 atom stereocenters. The molecule has 2 aliphatic rings. The molecular weight excluding hydrogens is 200 g/mol. The van der Waals surface area contributed by atoms with Crippen LogP contribution in [0.25, 0.3) is 0 Å². The molecule has 0 spiro atoms. The summed E-state index contributed by atoms with van der Waals surface area (Å²) in [6, 6.07) is 0. The maximum Gasteiger partial charge on any atom is 0.237 e. The van der Waals surface area contributed by atoms with Crippen LogP contribution in [-0.4, -0.2) is 54.3 Å². The monoisotopic (exact) mass is 216 g/mol. The fraction of sp³-hybridized carbons (Fsp3) is 0.900. The molecule has 0 bridgehead atoms. The summed E-state index contributed by atoms with van der Waals surface area (Å²) in [7, 11) is 0. The van der Waals surface area contributed by atoms with Crippen molar-refractivity contribution in [3.05, 3.63) is 0 Å². The first-order valence-corrected chi connectivity index (χ1v) is 5.89. The number of hydrogen-bond donors (Lipinski definition) is 0. The van der Waals surface area contributed by atoms with Gasteiger partial charge >= 0.3 is 0 Å². The van der Waals surface area contributed by atoms with Gasteiger partial charge in [0.05, 0.1) is 0 Å². The first-order chi connectivity index (χ1) is 6.79. The van der Waals surface area contributed by atoms with Gasteiger partial charge in [-0.05, 0) is 18.8 Å². The van der Waals surface area contributed by atoms with E-state index in [-0.39, 0.29) is 11.8 Å². The average Bonchev–Trinajstić information content (AvgIpc) is 3.02. The highest BCUT2D eigenvalue weighted by Crippen LogP contribution is 2.29. The third-order valence-corrected chi connectivity index (χ3v) is 3.28. The number of carbonyl (C=O) groups is 1. The Balaban J connectivity index is 1.71. The van der Waals surface area contributed by atoms with E-state index >= 15 is 0 Å². The Morgan fingerprint density at radius 3 is 2.36 bits per heavy atom. The molecule has 3 nitrogen and oxygen atoms in total. The third kappa shape index (κ3) is 2.61. The van der Waals surface area contributed by atoms with Gasteiger partial charge < -0.3 is 4.90 Å². The minimum absolute atomic E-state index is 0.0812. The first-order valence-electron chi connectivity index (χ1n) is 5.35. The lowest BCUT2D eigenvalue weighted by Crippen LogP contribution is -2.49. The molecule has 1 heterocycles. The van der Waals surface area contributed by atoms with Gasteiger partial charge in [0.25, 0.3) is 0 Å². The molecule has 80 valence electrons. The van der Waals surface area contributed by atoms with E-state index < -0.39 is 0 Å². The normalized spacial score (nSPS) is 23.9. The van der Waals surface area contributed by atoms with Crippen molar-refractivity contribution in [3.8, 4) is 0 Å². The summed E-state index contributed by atoms with van der Waals surface area (Å²) < 4.78 is 0. The smallest absolute Gasteiger partial charge is 0.237 e. The van der Waals surface area contributed by atoms with Gasteiger partial charge in [-0.15, -0.1) is 11.6 Å². The molecule has 0 unspecified atom stereocenters. The molecule has 0 aromatic carbocycles. The molecule has 4 heteroatoms. The van der Waals surface area contributed by atoms with Crippen LogP contribution < -0.4 is 0 Å². The average molecular weight is 217 g/mol. The lowest BCUT2D eigenvalue weighted by Gasteiger charge is -2.34. The van der Waals surface area contributed by atoms with E-state index in [4.69, 9.17) is 11.6 Å². The summed E-state index contributed by atoms with van der Waals surface area (Å²) in [6.45, 7) is 5.01. The van der Waals surface area contributed by atoms with E-state index in [2.05, 4.69) is 4.90 Å². The molecule has 0 radical (unpaired) electrons. The standard InChI is InChI=1S/C10H17ClN2O/c11-7-10(14)13-5-3-12(4-6-13)8-9-1-2-9/h9H,1-8H2. The second-order valence-corrected chi connectivity index (χ2v) is 4.53. The van der Waals surface area contributed by atoms with Crippen molar-refractivity contribution in [3.63, 3.8) is 0 Å². The Kier molecular flexibility index (Phi) is 3.29. The molecule has 2 fully saturated rings. The van der Waals surface area contributed by atoms with Crippen LogP contribution in [0.1, 0.15) is 12.8 Å². The molecule has 1 saturated heterocycles. The second kappa shape index (κ2) is 4.49. The van der Waals surface area contributed by atoms with Gasteiger partial charge in [-0.25, -0.2) is 0 Å². The molecule has 1 aliphatic carbocycles. The van der Waals surface area contributed by atoms with E-state index in [1.165, 1.54) is 19.4 Å². The quantitative estimate of drug-likeness (QED) is 0.651. The summed E-state index contributed by atoms with van der Waals surface area (Å²) >= 11 is 5.51. The second-order valence-electron chi connectivity index (χ2n) is 4.26. The van der Waals surface area contributed by atoms with Gasteiger partial charge in [0.2, 0.25) is 5.91 Å². The van der Waals surface area contributed by atoms with Crippen molar-refractivity contribution in [2.24, 2.45) is 5.92 Å². The predicted octanol–water partition coefficient (Wildman–Crippen LogP) is 0.779. The Morgan fingerprint density at radius 2 is 1.86 bits per heavy atom. The summed E-state index contributed by atoms with van der Waals surface area (Å²) in [4.78, 5) is 15.6. The van der Waals surface area contributed by atoms with Crippen molar-refractivity contribution < 1.29 is 4.79 Å². The van der Waals surface area contributed by atoms with Gasteiger partial charge in [-0.1, -0.05) is 0 Å². The van der Waals surface area contributed by atoms with Crippen LogP contribution in [0.3, 0.4) is 0 Å². The lowest BCUT2D eigenvalue weighted by atomic mass is 10.3. The Bertz CT molecular complexity index is 210. The fourth-order valence-corrected chi connectivity index (χ4v) is 2.10. The lowest BCUT2D eigenvalue weighted by molar-refractivity contribution is -0.130. The van der Waals surface area contributed by atoms with Gasteiger partial charge in [0, 0.05) is 32.7 Å². The molecule has 0 N–H and O–H groups in total. The first kappa shape index (κ1) is 10.2. The zero-order chi connectivity index (χ0) is 9.97. The molecule has 1 saturated carbocycles. The minimum atomic E-state index is 0.0812. The van der Waals surface area contributed by atoms with Crippen molar-refractivity contribution in [2.75, 3.05) is 38.6 Å². The third-order valence-electron chi connectivity index (χ3n) is 3.05. The molecule has 0 aromatic rings. The predicted molar refractivity (Wildman–Crippen MR) is 56.5 cm³/mol. The van der Waals surface area contributed by atoms with Gasteiger partial charge in [0.15, 0.2) is 0 Å². The zero-order valence-electron chi connectivity index (χ0n) is 8.41. The number of piperazine rings is 1. The van der Waals surface area contributed by atoms with Crippen molar-refractivity contribution in [1.82, 2.24) is 9.80 Å². The number of halogens is 1. The maximum atomic E-state index is 11.3. The Morgan fingerprint density at radius 1 is 1.21 bits per heavy atom. The summed E-state index contributed by atoms with van der Waals surface area (Å²) in [5.74, 6) is 1.16. The molecule has 0 aromatic heterocycles. The number of hydrogen-bond acceptors (Lipinski definition) is 2. The van der Waals surface area contributed by atoms with Crippen LogP contribution >= 0.6 is 11.6 Å². The molecule has 1 aliphatic heterocycles. The van der Waals surface area contributed by atoms with Crippen molar-refractivity contribution in [1.29, 1.82) is 0 Å². The largest absolute Gasteiger partial charge is 0.339 e. The van der Waals surface area contributed by atoms with E-state index in [0.717, 1.165) is 32.1 Å². The van der Waals surface area contributed by atoms with Gasteiger partial charge in [-0.2, -0.15) is 0 Å². The van der Waals surface area contributed by atoms with Gasteiger partial charge in [0.1, 0.15) is 5.88 Å². The van der Waals surface area contributed by atoms with Crippen molar-refractivity contribution in [2.45, 2.75) is 12.8 Å². The number of carbonyl (C=O) groups excluding carboxylic acids is 1. The van der Waals surface area contributed by atoms with E-state index in [9.17, 15) is 4.79 Å². The molecule has 14 heavy (non-hydrogen) atoms. The van der Waals surface area contributed by atoms with Crippen LogP contribution in [0.4, 0.5) is 0 Å². The van der Waals surface area contributed by atoms with Crippen LogP contribution in [0, 0.1) is 5.92 Å². The van der Waals surface area contributed by atoms with Crippen LogP contribution in [0.15, 0.2) is 0 Å². The van der Waals surface area contributed by atoms with E-state index in [1.807, 2.05) is 4.90 Å². The Hall–Kier alpha value is -0.280. The highest BCUT2D eigenvalue weighted by molar-refractivity contribution is 6.27. The maximum absolute atomic E-state index is 11.3. The number of amides is 1. The van der Waals surface area contributed by atoms with Crippen LogP contribution in [0.5, 0.6) is 0 Å². The van der Waals surface area contributed by atoms with E-state index in [0.29, 0.717) is 0 Å². The summed E-state index contributed by atoms with van der Waals surface area (Å²) in [5, 5.41) is 0. The number of alkyl halides is 1.